The number of fused-ring (bicyclic) bond motifs is 1. The van der Waals surface area contributed by atoms with E-state index in [2.05, 4.69) is 10.3 Å². The molecule has 84 valence electrons. The lowest BCUT2D eigenvalue weighted by Gasteiger charge is -2.21. The van der Waals surface area contributed by atoms with Crippen LogP contribution in [0.15, 0.2) is 24.5 Å². The van der Waals surface area contributed by atoms with Gasteiger partial charge in [0.2, 0.25) is 0 Å². The first-order valence-electron chi connectivity index (χ1n) is 5.68. The molecule has 1 aliphatic heterocycles. The molecule has 2 aromatic heterocycles. The Balaban J connectivity index is 2.03. The molecule has 0 spiro atoms. The molecule has 1 atom stereocenters. The van der Waals surface area contributed by atoms with Crippen LogP contribution < -0.4 is 5.32 Å². The molecule has 3 heterocycles. The number of hydrogen-bond acceptors (Lipinski definition) is 2. The molecule has 1 saturated heterocycles. The maximum absolute atomic E-state index is 13.0. The van der Waals surface area contributed by atoms with Gasteiger partial charge in [-0.15, -0.1) is 0 Å². The Kier molecular flexibility index (Phi) is 2.36. The highest BCUT2D eigenvalue weighted by molar-refractivity contribution is 5.46. The zero-order chi connectivity index (χ0) is 11.0. The first-order chi connectivity index (χ1) is 7.84. The molecular weight excluding hydrogens is 205 g/mol. The van der Waals surface area contributed by atoms with E-state index in [9.17, 15) is 4.39 Å². The second-order valence-corrected chi connectivity index (χ2v) is 4.30. The summed E-state index contributed by atoms with van der Waals surface area (Å²) in [6, 6.07) is 3.00. The van der Waals surface area contributed by atoms with Gasteiger partial charge in [-0.1, -0.05) is 0 Å². The molecule has 0 radical (unpaired) electrons. The van der Waals surface area contributed by atoms with Crippen molar-refractivity contribution >= 4 is 5.52 Å². The van der Waals surface area contributed by atoms with Gasteiger partial charge in [0.1, 0.15) is 11.6 Å². The first kappa shape index (κ1) is 9.78. The fourth-order valence-corrected chi connectivity index (χ4v) is 2.37. The summed E-state index contributed by atoms with van der Waals surface area (Å²) in [7, 11) is 0. The van der Waals surface area contributed by atoms with Crippen molar-refractivity contribution in [3.05, 3.63) is 36.2 Å². The smallest absolute Gasteiger partial charge is 0.126 e. The Morgan fingerprint density at radius 3 is 3.25 bits per heavy atom. The van der Waals surface area contributed by atoms with Gasteiger partial charge in [0.15, 0.2) is 0 Å². The third kappa shape index (κ3) is 1.59. The summed E-state index contributed by atoms with van der Waals surface area (Å²) in [5.41, 5.74) is 0.834. The van der Waals surface area contributed by atoms with Crippen LogP contribution >= 0.6 is 0 Å². The van der Waals surface area contributed by atoms with Gasteiger partial charge in [0.05, 0.1) is 11.7 Å². The van der Waals surface area contributed by atoms with E-state index in [0.29, 0.717) is 5.92 Å². The van der Waals surface area contributed by atoms with Crippen LogP contribution in [0.25, 0.3) is 5.52 Å². The fraction of sp³-hybridized carbons (Fsp3) is 0.417. The monoisotopic (exact) mass is 219 g/mol. The Bertz CT molecular complexity index is 500. The fourth-order valence-electron chi connectivity index (χ4n) is 2.37. The number of nitrogens with one attached hydrogen (secondary N) is 1. The lowest BCUT2D eigenvalue weighted by atomic mass is 9.99. The number of hydrogen-bond donors (Lipinski definition) is 1. The quantitative estimate of drug-likeness (QED) is 0.794. The lowest BCUT2D eigenvalue weighted by molar-refractivity contribution is 0.445. The summed E-state index contributed by atoms with van der Waals surface area (Å²) in [6.45, 7) is 2.06. The van der Waals surface area contributed by atoms with Crippen LogP contribution in [0.5, 0.6) is 0 Å². The van der Waals surface area contributed by atoms with Crippen LogP contribution in [0.1, 0.15) is 24.6 Å². The largest absolute Gasteiger partial charge is 0.316 e. The van der Waals surface area contributed by atoms with E-state index < -0.39 is 0 Å². The highest BCUT2D eigenvalue weighted by Gasteiger charge is 2.19. The van der Waals surface area contributed by atoms with Gasteiger partial charge >= 0.3 is 0 Å². The highest BCUT2D eigenvalue weighted by Crippen LogP contribution is 2.23. The number of aromatic nitrogens is 2. The topological polar surface area (TPSA) is 29.3 Å². The van der Waals surface area contributed by atoms with Crippen LogP contribution in [0.2, 0.25) is 0 Å². The van der Waals surface area contributed by atoms with Gasteiger partial charge < -0.3 is 9.72 Å². The number of imidazole rings is 1. The number of halogens is 1. The summed E-state index contributed by atoms with van der Waals surface area (Å²) in [5, 5.41) is 3.37. The zero-order valence-corrected chi connectivity index (χ0v) is 8.99. The van der Waals surface area contributed by atoms with Gasteiger partial charge in [0.25, 0.3) is 0 Å². The molecule has 2 aromatic rings. The zero-order valence-electron chi connectivity index (χ0n) is 8.99. The number of piperidine rings is 1. The second-order valence-electron chi connectivity index (χ2n) is 4.30. The van der Waals surface area contributed by atoms with Crippen LogP contribution in [-0.4, -0.2) is 22.5 Å². The average molecular weight is 219 g/mol. The third-order valence-corrected chi connectivity index (χ3v) is 3.18. The van der Waals surface area contributed by atoms with E-state index in [1.807, 2.05) is 4.40 Å². The van der Waals surface area contributed by atoms with Gasteiger partial charge in [-0.25, -0.2) is 9.37 Å². The van der Waals surface area contributed by atoms with Gasteiger partial charge in [0, 0.05) is 18.7 Å². The van der Waals surface area contributed by atoms with Crippen molar-refractivity contribution in [2.75, 3.05) is 13.1 Å². The number of rotatable bonds is 1. The van der Waals surface area contributed by atoms with Gasteiger partial charge in [-0.3, -0.25) is 0 Å². The summed E-state index contributed by atoms with van der Waals surface area (Å²) >= 11 is 0. The van der Waals surface area contributed by atoms with Crippen molar-refractivity contribution in [3.63, 3.8) is 0 Å². The summed E-state index contributed by atoms with van der Waals surface area (Å²) in [4.78, 5) is 4.42. The maximum atomic E-state index is 13.0. The Morgan fingerprint density at radius 2 is 2.44 bits per heavy atom. The molecule has 1 N–H and O–H groups in total. The Morgan fingerprint density at radius 1 is 1.50 bits per heavy atom. The molecule has 1 unspecified atom stereocenters. The highest BCUT2D eigenvalue weighted by atomic mass is 19.1. The van der Waals surface area contributed by atoms with E-state index in [4.69, 9.17) is 0 Å². The third-order valence-electron chi connectivity index (χ3n) is 3.18. The number of nitrogens with zero attached hydrogens (tertiary/aromatic N) is 2. The molecule has 3 rings (SSSR count). The molecule has 0 saturated carbocycles. The van der Waals surface area contributed by atoms with Crippen LogP contribution in [0.4, 0.5) is 4.39 Å². The molecule has 3 nitrogen and oxygen atoms in total. The van der Waals surface area contributed by atoms with Crippen LogP contribution in [-0.2, 0) is 0 Å². The van der Waals surface area contributed by atoms with E-state index >= 15 is 0 Å². The van der Waals surface area contributed by atoms with Crippen molar-refractivity contribution in [2.45, 2.75) is 18.8 Å². The van der Waals surface area contributed by atoms with Crippen molar-refractivity contribution in [1.29, 1.82) is 0 Å². The molecule has 0 amide bonds. The van der Waals surface area contributed by atoms with E-state index in [1.165, 1.54) is 18.6 Å². The Labute approximate surface area is 93.3 Å². The van der Waals surface area contributed by atoms with Crippen molar-refractivity contribution in [2.24, 2.45) is 0 Å². The molecule has 16 heavy (non-hydrogen) atoms. The van der Waals surface area contributed by atoms with Gasteiger partial charge in [-0.2, -0.15) is 0 Å². The van der Waals surface area contributed by atoms with E-state index in [0.717, 1.165) is 30.9 Å². The molecule has 4 heteroatoms. The van der Waals surface area contributed by atoms with E-state index in [-0.39, 0.29) is 5.82 Å². The SMILES string of the molecule is Fc1ccn2c(C3CCCNC3)ncc2c1. The standard InChI is InChI=1S/C12H14FN3/c13-10-3-5-16-11(6-10)8-15-12(16)9-2-1-4-14-7-9/h3,5-6,8-9,14H,1-2,4,7H2. The molecular formula is C12H14FN3. The van der Waals surface area contributed by atoms with Crippen LogP contribution in [0.3, 0.4) is 0 Å². The predicted molar refractivity (Wildman–Crippen MR) is 60.0 cm³/mol. The Hall–Kier alpha value is -1.42. The normalized spacial score (nSPS) is 21.4. The second kappa shape index (κ2) is 3.87. The molecule has 0 aromatic carbocycles. The summed E-state index contributed by atoms with van der Waals surface area (Å²) in [6.07, 6.45) is 5.85. The van der Waals surface area contributed by atoms with Gasteiger partial charge in [-0.05, 0) is 31.5 Å². The first-order valence-corrected chi connectivity index (χ1v) is 5.68. The average Bonchev–Trinajstić information content (AvgIpc) is 2.73. The lowest BCUT2D eigenvalue weighted by Crippen LogP contribution is -2.29. The minimum atomic E-state index is -0.208. The minimum Gasteiger partial charge on any atom is -0.316 e. The van der Waals surface area contributed by atoms with Crippen molar-refractivity contribution < 1.29 is 4.39 Å². The maximum Gasteiger partial charge on any atom is 0.126 e. The van der Waals surface area contributed by atoms with Crippen molar-refractivity contribution in [3.8, 4) is 0 Å². The molecule has 0 aliphatic carbocycles. The van der Waals surface area contributed by atoms with Crippen molar-refractivity contribution in [1.82, 2.24) is 14.7 Å². The number of pyridine rings is 1. The predicted octanol–water partition coefficient (Wildman–Crippen LogP) is 1.94. The summed E-state index contributed by atoms with van der Waals surface area (Å²) < 4.78 is 15.0. The molecule has 1 fully saturated rings. The van der Waals surface area contributed by atoms with E-state index in [1.54, 1.807) is 12.4 Å². The molecule has 0 bridgehead atoms. The summed E-state index contributed by atoms with van der Waals surface area (Å²) in [5.74, 6) is 1.28. The minimum absolute atomic E-state index is 0.208. The molecule has 1 aliphatic rings. The van der Waals surface area contributed by atoms with Crippen LogP contribution in [0, 0.1) is 5.82 Å².